The zero-order valence-electron chi connectivity index (χ0n) is 10.6. The topological polar surface area (TPSA) is 58.5 Å². The molecule has 100 valence electrons. The summed E-state index contributed by atoms with van der Waals surface area (Å²) in [6.07, 6.45) is 1.49. The van der Waals surface area contributed by atoms with Crippen LogP contribution in [-0.2, 0) is 10.0 Å². The van der Waals surface area contributed by atoms with Gasteiger partial charge in [0.05, 0.1) is 11.1 Å². The molecule has 2 aromatic rings. The second-order valence-corrected chi connectivity index (χ2v) is 6.75. The van der Waals surface area contributed by atoms with Crippen molar-refractivity contribution < 1.29 is 8.42 Å². The van der Waals surface area contributed by atoms with E-state index in [0.717, 1.165) is 16.0 Å². The van der Waals surface area contributed by atoms with Gasteiger partial charge in [0.2, 0.25) is 0 Å². The van der Waals surface area contributed by atoms with Crippen molar-refractivity contribution in [3.05, 3.63) is 51.7 Å². The van der Waals surface area contributed by atoms with Crippen LogP contribution in [0.3, 0.4) is 0 Å². The van der Waals surface area contributed by atoms with E-state index in [-0.39, 0.29) is 4.90 Å². The van der Waals surface area contributed by atoms with Gasteiger partial charge in [-0.1, -0.05) is 12.1 Å². The SMILES string of the molecule is Cc1ccc(S(=O)(=O)N/N=C/c2cccs2)cc1C. The van der Waals surface area contributed by atoms with Crippen LogP contribution >= 0.6 is 11.3 Å². The third kappa shape index (κ3) is 3.42. The molecule has 0 bridgehead atoms. The Morgan fingerprint density at radius 1 is 1.21 bits per heavy atom. The van der Waals surface area contributed by atoms with Crippen molar-refractivity contribution >= 4 is 27.6 Å². The number of sulfonamides is 1. The molecule has 0 unspecified atom stereocenters. The van der Waals surface area contributed by atoms with Crippen LogP contribution in [0.1, 0.15) is 16.0 Å². The van der Waals surface area contributed by atoms with E-state index in [1.165, 1.54) is 17.6 Å². The summed E-state index contributed by atoms with van der Waals surface area (Å²) in [6, 6.07) is 8.74. The number of nitrogens with one attached hydrogen (secondary N) is 1. The fourth-order valence-electron chi connectivity index (χ4n) is 1.46. The van der Waals surface area contributed by atoms with Crippen LogP contribution in [0.15, 0.2) is 45.7 Å². The van der Waals surface area contributed by atoms with Gasteiger partial charge in [0, 0.05) is 4.88 Å². The Bertz CT molecular complexity index is 689. The molecule has 6 heteroatoms. The van der Waals surface area contributed by atoms with Gasteiger partial charge in [0.1, 0.15) is 0 Å². The molecule has 19 heavy (non-hydrogen) atoms. The maximum Gasteiger partial charge on any atom is 0.276 e. The van der Waals surface area contributed by atoms with Crippen molar-refractivity contribution in [2.75, 3.05) is 0 Å². The molecule has 1 N–H and O–H groups in total. The van der Waals surface area contributed by atoms with Gasteiger partial charge in [-0.2, -0.15) is 13.5 Å². The van der Waals surface area contributed by atoms with Gasteiger partial charge in [0.25, 0.3) is 10.0 Å². The van der Waals surface area contributed by atoms with Gasteiger partial charge in [-0.25, -0.2) is 4.83 Å². The van der Waals surface area contributed by atoms with E-state index in [1.807, 2.05) is 31.4 Å². The quantitative estimate of drug-likeness (QED) is 0.696. The standard InChI is InChI=1S/C13H14N2O2S2/c1-10-5-6-13(8-11(10)2)19(16,17)15-14-9-12-4-3-7-18-12/h3-9,15H,1-2H3/b14-9+. The molecule has 0 aliphatic carbocycles. The maximum atomic E-state index is 12.0. The van der Waals surface area contributed by atoms with Crippen molar-refractivity contribution in [3.8, 4) is 0 Å². The molecule has 0 saturated heterocycles. The average Bonchev–Trinajstić information content (AvgIpc) is 2.85. The molecular weight excluding hydrogens is 280 g/mol. The molecule has 0 aliphatic rings. The summed E-state index contributed by atoms with van der Waals surface area (Å²) in [5.74, 6) is 0. The summed E-state index contributed by atoms with van der Waals surface area (Å²) in [5, 5.41) is 5.66. The minimum atomic E-state index is -3.60. The maximum absolute atomic E-state index is 12.0. The van der Waals surface area contributed by atoms with Crippen LogP contribution in [0.2, 0.25) is 0 Å². The van der Waals surface area contributed by atoms with Gasteiger partial charge in [-0.3, -0.25) is 0 Å². The summed E-state index contributed by atoms with van der Waals surface area (Å²) in [4.78, 5) is 3.32. The number of hydrogen-bond acceptors (Lipinski definition) is 4. The third-order valence-electron chi connectivity index (χ3n) is 2.70. The number of rotatable bonds is 4. The molecule has 0 fully saturated rings. The van der Waals surface area contributed by atoms with Crippen LogP contribution in [0.25, 0.3) is 0 Å². The first-order valence-corrected chi connectivity index (χ1v) is 8.01. The molecule has 2 rings (SSSR count). The highest BCUT2D eigenvalue weighted by Crippen LogP contribution is 2.14. The molecule has 0 saturated carbocycles. The van der Waals surface area contributed by atoms with Crippen LogP contribution in [0.4, 0.5) is 0 Å². The minimum absolute atomic E-state index is 0.221. The lowest BCUT2D eigenvalue weighted by molar-refractivity contribution is 0.584. The first-order valence-electron chi connectivity index (χ1n) is 5.65. The van der Waals surface area contributed by atoms with Crippen LogP contribution in [0.5, 0.6) is 0 Å². The lowest BCUT2D eigenvalue weighted by atomic mass is 10.1. The van der Waals surface area contributed by atoms with Gasteiger partial charge >= 0.3 is 0 Å². The van der Waals surface area contributed by atoms with Crippen molar-refractivity contribution in [1.29, 1.82) is 0 Å². The van der Waals surface area contributed by atoms with E-state index in [2.05, 4.69) is 9.93 Å². The molecule has 0 atom stereocenters. The van der Waals surface area contributed by atoms with Gasteiger partial charge < -0.3 is 0 Å². The highest BCUT2D eigenvalue weighted by molar-refractivity contribution is 7.89. The predicted molar refractivity (Wildman–Crippen MR) is 78.2 cm³/mol. The Kier molecular flexibility index (Phi) is 4.01. The summed E-state index contributed by atoms with van der Waals surface area (Å²) in [5.41, 5.74) is 1.99. The Balaban J connectivity index is 2.16. The Labute approximate surface area is 116 Å². The molecule has 0 aliphatic heterocycles. The first kappa shape index (κ1) is 13.8. The number of thiophene rings is 1. The van der Waals surface area contributed by atoms with Crippen molar-refractivity contribution in [3.63, 3.8) is 0 Å². The Morgan fingerprint density at radius 3 is 2.63 bits per heavy atom. The summed E-state index contributed by atoms with van der Waals surface area (Å²) in [6.45, 7) is 3.82. The zero-order valence-corrected chi connectivity index (χ0v) is 12.3. The minimum Gasteiger partial charge on any atom is -0.200 e. The molecule has 0 radical (unpaired) electrons. The highest BCUT2D eigenvalue weighted by Gasteiger charge is 2.13. The average molecular weight is 294 g/mol. The largest absolute Gasteiger partial charge is 0.276 e. The lowest BCUT2D eigenvalue weighted by Crippen LogP contribution is -2.18. The monoisotopic (exact) mass is 294 g/mol. The van der Waals surface area contributed by atoms with E-state index in [4.69, 9.17) is 0 Å². The van der Waals surface area contributed by atoms with E-state index >= 15 is 0 Å². The molecule has 1 aromatic heterocycles. The lowest BCUT2D eigenvalue weighted by Gasteiger charge is -2.05. The number of nitrogens with zero attached hydrogens (tertiary/aromatic N) is 1. The second kappa shape index (κ2) is 5.54. The molecule has 1 heterocycles. The van der Waals surface area contributed by atoms with Gasteiger partial charge in [-0.05, 0) is 48.6 Å². The van der Waals surface area contributed by atoms with E-state index < -0.39 is 10.0 Å². The van der Waals surface area contributed by atoms with Gasteiger partial charge in [0.15, 0.2) is 0 Å². The van der Waals surface area contributed by atoms with E-state index in [1.54, 1.807) is 18.2 Å². The third-order valence-corrected chi connectivity index (χ3v) is 4.72. The van der Waals surface area contributed by atoms with E-state index in [9.17, 15) is 8.42 Å². The summed E-state index contributed by atoms with van der Waals surface area (Å²) < 4.78 is 24.0. The molecule has 0 amide bonds. The Morgan fingerprint density at radius 2 is 2.00 bits per heavy atom. The predicted octanol–water partition coefficient (Wildman–Crippen LogP) is 2.68. The van der Waals surface area contributed by atoms with Crippen molar-refractivity contribution in [2.45, 2.75) is 18.7 Å². The van der Waals surface area contributed by atoms with Gasteiger partial charge in [-0.15, -0.1) is 11.3 Å². The van der Waals surface area contributed by atoms with Crippen LogP contribution < -0.4 is 4.83 Å². The smallest absolute Gasteiger partial charge is 0.200 e. The Hall–Kier alpha value is -1.66. The van der Waals surface area contributed by atoms with Crippen molar-refractivity contribution in [1.82, 2.24) is 4.83 Å². The number of hydrogen-bond donors (Lipinski definition) is 1. The zero-order chi connectivity index (χ0) is 13.9. The molecular formula is C13H14N2O2S2. The number of hydrazone groups is 1. The summed E-state index contributed by atoms with van der Waals surface area (Å²) >= 11 is 1.49. The normalized spacial score (nSPS) is 11.9. The fourth-order valence-corrected chi connectivity index (χ4v) is 2.92. The summed E-state index contributed by atoms with van der Waals surface area (Å²) in [7, 11) is -3.60. The van der Waals surface area contributed by atoms with E-state index in [0.29, 0.717) is 0 Å². The van der Waals surface area contributed by atoms with Crippen LogP contribution in [0, 0.1) is 13.8 Å². The second-order valence-electron chi connectivity index (χ2n) is 4.11. The number of aryl methyl sites for hydroxylation is 2. The first-order chi connectivity index (χ1) is 8.99. The number of benzene rings is 1. The van der Waals surface area contributed by atoms with Crippen LogP contribution in [-0.4, -0.2) is 14.6 Å². The highest BCUT2D eigenvalue weighted by atomic mass is 32.2. The van der Waals surface area contributed by atoms with Crippen molar-refractivity contribution in [2.24, 2.45) is 5.10 Å². The molecule has 0 spiro atoms. The molecule has 1 aromatic carbocycles. The molecule has 4 nitrogen and oxygen atoms in total. The fraction of sp³-hybridized carbons (Fsp3) is 0.154.